The van der Waals surface area contributed by atoms with Gasteiger partial charge in [-0.1, -0.05) is 83.5 Å². The first kappa shape index (κ1) is 20.8. The van der Waals surface area contributed by atoms with Gasteiger partial charge in [-0.3, -0.25) is 4.57 Å². The van der Waals surface area contributed by atoms with Gasteiger partial charge in [0.1, 0.15) is 11.6 Å². The third kappa shape index (κ3) is 4.64. The third-order valence-corrected chi connectivity index (χ3v) is 6.17. The summed E-state index contributed by atoms with van der Waals surface area (Å²) in [6.45, 7) is 0. The fourth-order valence-corrected chi connectivity index (χ4v) is 4.65. The molecule has 0 atom stereocenters. The summed E-state index contributed by atoms with van der Waals surface area (Å²) in [5.74, 6) is 2.25. The molecule has 30 heavy (non-hydrogen) atoms. The highest BCUT2D eigenvalue weighted by molar-refractivity contribution is 7.98. The number of aromatic nitrogens is 3. The smallest absolute Gasteiger partial charge is 0.196 e. The Kier molecular flexibility index (Phi) is 6.62. The van der Waals surface area contributed by atoms with E-state index in [1.807, 2.05) is 54.6 Å². The zero-order chi connectivity index (χ0) is 20.9. The highest BCUT2D eigenvalue weighted by atomic mass is 35.5. The lowest BCUT2D eigenvalue weighted by Gasteiger charge is -2.14. The highest BCUT2D eigenvalue weighted by Crippen LogP contribution is 2.32. The van der Waals surface area contributed by atoms with Crippen LogP contribution >= 0.6 is 35.0 Å². The van der Waals surface area contributed by atoms with E-state index in [0.717, 1.165) is 28.0 Å². The number of nitrogens with zero attached hydrogens (tertiary/aromatic N) is 3. The normalized spacial score (nSPS) is 10.9. The van der Waals surface area contributed by atoms with E-state index < -0.39 is 0 Å². The zero-order valence-electron chi connectivity index (χ0n) is 16.3. The Bertz CT molecular complexity index is 1150. The molecule has 0 aliphatic heterocycles. The SMILES string of the molecule is COc1ccccc1-n1c(Cc2ccccc2)nnc1SCc1ccc(Cl)cc1Cl. The number of ether oxygens (including phenoxy) is 1. The molecule has 0 amide bonds. The van der Waals surface area contributed by atoms with Gasteiger partial charge in [-0.25, -0.2) is 0 Å². The molecule has 0 N–H and O–H groups in total. The Hall–Kier alpha value is -2.47. The third-order valence-electron chi connectivity index (χ3n) is 4.60. The van der Waals surface area contributed by atoms with Gasteiger partial charge in [0, 0.05) is 22.2 Å². The summed E-state index contributed by atoms with van der Waals surface area (Å²) < 4.78 is 7.66. The van der Waals surface area contributed by atoms with Crippen molar-refractivity contribution in [2.45, 2.75) is 17.3 Å². The summed E-state index contributed by atoms with van der Waals surface area (Å²) in [6.07, 6.45) is 0.661. The molecule has 1 aromatic heterocycles. The molecule has 0 bridgehead atoms. The minimum absolute atomic E-state index is 0.621. The van der Waals surface area contributed by atoms with Crippen LogP contribution in [0, 0.1) is 0 Å². The summed E-state index contributed by atoms with van der Waals surface area (Å²) in [6, 6.07) is 23.6. The molecule has 4 nitrogen and oxygen atoms in total. The molecule has 0 saturated heterocycles. The van der Waals surface area contributed by atoms with E-state index in [1.165, 1.54) is 5.56 Å². The fraction of sp³-hybridized carbons (Fsp3) is 0.130. The Morgan fingerprint density at radius 2 is 1.70 bits per heavy atom. The van der Waals surface area contributed by atoms with Crippen molar-refractivity contribution in [1.82, 2.24) is 14.8 Å². The largest absolute Gasteiger partial charge is 0.495 e. The lowest BCUT2D eigenvalue weighted by molar-refractivity contribution is 0.411. The van der Waals surface area contributed by atoms with Crippen LogP contribution in [0.3, 0.4) is 0 Å². The lowest BCUT2D eigenvalue weighted by atomic mass is 10.1. The minimum atomic E-state index is 0.621. The van der Waals surface area contributed by atoms with E-state index in [2.05, 4.69) is 26.9 Å². The Morgan fingerprint density at radius 1 is 0.933 bits per heavy atom. The lowest BCUT2D eigenvalue weighted by Crippen LogP contribution is -2.05. The number of halogens is 2. The molecule has 0 radical (unpaired) electrons. The second-order valence-corrected chi connectivity index (χ2v) is 8.38. The van der Waals surface area contributed by atoms with Crippen LogP contribution in [-0.4, -0.2) is 21.9 Å². The quantitative estimate of drug-likeness (QED) is 0.299. The van der Waals surface area contributed by atoms with Crippen LogP contribution in [0.4, 0.5) is 0 Å². The van der Waals surface area contributed by atoms with Gasteiger partial charge in [0.2, 0.25) is 0 Å². The maximum absolute atomic E-state index is 6.35. The summed E-state index contributed by atoms with van der Waals surface area (Å²) >= 11 is 13.9. The van der Waals surface area contributed by atoms with Crippen molar-refractivity contribution < 1.29 is 4.74 Å². The Balaban J connectivity index is 1.71. The van der Waals surface area contributed by atoms with Crippen LogP contribution in [0.25, 0.3) is 5.69 Å². The van der Waals surface area contributed by atoms with Gasteiger partial charge in [-0.15, -0.1) is 10.2 Å². The fourth-order valence-electron chi connectivity index (χ4n) is 3.12. The molecule has 4 rings (SSSR count). The number of hydrogen-bond acceptors (Lipinski definition) is 4. The van der Waals surface area contributed by atoms with Gasteiger partial charge in [-0.2, -0.15) is 0 Å². The Labute approximate surface area is 189 Å². The van der Waals surface area contributed by atoms with Crippen molar-refractivity contribution in [3.05, 3.63) is 99.8 Å². The summed E-state index contributed by atoms with van der Waals surface area (Å²) in [5.41, 5.74) is 3.06. The van der Waals surface area contributed by atoms with Crippen molar-refractivity contribution >= 4 is 35.0 Å². The number of methoxy groups -OCH3 is 1. The minimum Gasteiger partial charge on any atom is -0.495 e. The molecule has 152 valence electrons. The number of thioether (sulfide) groups is 1. The maximum Gasteiger partial charge on any atom is 0.196 e. The molecule has 0 unspecified atom stereocenters. The van der Waals surface area contributed by atoms with Gasteiger partial charge in [-0.05, 0) is 35.4 Å². The average molecular weight is 456 g/mol. The molecule has 7 heteroatoms. The van der Waals surface area contributed by atoms with E-state index in [0.29, 0.717) is 22.2 Å². The van der Waals surface area contributed by atoms with Gasteiger partial charge >= 0.3 is 0 Å². The number of rotatable bonds is 7. The number of benzene rings is 3. The van der Waals surface area contributed by atoms with Crippen molar-refractivity contribution in [2.24, 2.45) is 0 Å². The van der Waals surface area contributed by atoms with Gasteiger partial charge in [0.05, 0.1) is 12.8 Å². The molecule has 0 spiro atoms. The zero-order valence-corrected chi connectivity index (χ0v) is 18.6. The van der Waals surface area contributed by atoms with E-state index in [1.54, 1.807) is 24.9 Å². The maximum atomic E-state index is 6.35. The van der Waals surface area contributed by atoms with Crippen molar-refractivity contribution in [3.8, 4) is 11.4 Å². The molecule has 4 aromatic rings. The molecule has 3 aromatic carbocycles. The standard InChI is InChI=1S/C23H19Cl2N3OS/c1-29-21-10-6-5-9-20(21)28-22(13-16-7-3-2-4-8-16)26-27-23(28)30-15-17-11-12-18(24)14-19(17)25/h2-12,14H,13,15H2,1H3. The molecule has 1 heterocycles. The predicted octanol–water partition coefficient (Wildman–Crippen LogP) is 6.47. The monoisotopic (exact) mass is 455 g/mol. The van der Waals surface area contributed by atoms with Crippen LogP contribution in [-0.2, 0) is 12.2 Å². The van der Waals surface area contributed by atoms with Gasteiger partial charge in [0.15, 0.2) is 5.16 Å². The molecular formula is C23H19Cl2N3OS. The van der Waals surface area contributed by atoms with Crippen molar-refractivity contribution in [3.63, 3.8) is 0 Å². The predicted molar refractivity (Wildman–Crippen MR) is 123 cm³/mol. The van der Waals surface area contributed by atoms with E-state index in [9.17, 15) is 0 Å². The Morgan fingerprint density at radius 3 is 2.47 bits per heavy atom. The highest BCUT2D eigenvalue weighted by Gasteiger charge is 2.18. The topological polar surface area (TPSA) is 39.9 Å². The second kappa shape index (κ2) is 9.56. The first-order chi connectivity index (χ1) is 14.7. The average Bonchev–Trinajstić information content (AvgIpc) is 3.16. The number of hydrogen-bond donors (Lipinski definition) is 0. The van der Waals surface area contributed by atoms with Crippen LogP contribution in [0.15, 0.2) is 78.0 Å². The molecule has 0 fully saturated rings. The summed E-state index contributed by atoms with van der Waals surface area (Å²) in [7, 11) is 1.67. The van der Waals surface area contributed by atoms with Crippen LogP contribution in [0.2, 0.25) is 10.0 Å². The van der Waals surface area contributed by atoms with Crippen LogP contribution in [0.5, 0.6) is 5.75 Å². The van der Waals surface area contributed by atoms with E-state index >= 15 is 0 Å². The van der Waals surface area contributed by atoms with Crippen molar-refractivity contribution in [2.75, 3.05) is 7.11 Å². The van der Waals surface area contributed by atoms with Crippen LogP contribution < -0.4 is 4.74 Å². The van der Waals surface area contributed by atoms with Crippen LogP contribution in [0.1, 0.15) is 17.0 Å². The molecule has 0 aliphatic rings. The first-order valence-corrected chi connectivity index (χ1v) is 11.1. The molecule has 0 aliphatic carbocycles. The van der Waals surface area contributed by atoms with Gasteiger partial charge in [0.25, 0.3) is 0 Å². The summed E-state index contributed by atoms with van der Waals surface area (Å²) in [5, 5.41) is 11.0. The van der Waals surface area contributed by atoms with E-state index in [-0.39, 0.29) is 0 Å². The summed E-state index contributed by atoms with van der Waals surface area (Å²) in [4.78, 5) is 0. The molecule has 0 saturated carbocycles. The molecular weight excluding hydrogens is 437 g/mol. The van der Waals surface area contributed by atoms with Gasteiger partial charge < -0.3 is 4.74 Å². The first-order valence-electron chi connectivity index (χ1n) is 9.34. The van der Waals surface area contributed by atoms with Crippen molar-refractivity contribution in [1.29, 1.82) is 0 Å². The number of para-hydroxylation sites is 2. The second-order valence-electron chi connectivity index (χ2n) is 6.59. The van der Waals surface area contributed by atoms with E-state index in [4.69, 9.17) is 27.9 Å².